The molecule has 0 bridgehead atoms. The lowest BCUT2D eigenvalue weighted by molar-refractivity contribution is -0.116. The van der Waals surface area contributed by atoms with Crippen LogP contribution >= 0.6 is 0 Å². The van der Waals surface area contributed by atoms with Crippen LogP contribution in [0.15, 0.2) is 18.2 Å². The molecule has 0 heterocycles. The van der Waals surface area contributed by atoms with Crippen LogP contribution in [0.4, 0.5) is 10.1 Å². The summed E-state index contributed by atoms with van der Waals surface area (Å²) in [7, 11) is 1.44. The normalized spacial score (nSPS) is 12.0. The summed E-state index contributed by atoms with van der Waals surface area (Å²) in [6, 6.07) is 3.86. The van der Waals surface area contributed by atoms with Gasteiger partial charge in [0.2, 0.25) is 5.91 Å². The van der Waals surface area contributed by atoms with E-state index in [1.165, 1.54) is 19.2 Å². The number of anilines is 1. The van der Waals surface area contributed by atoms with Gasteiger partial charge in [0.1, 0.15) is 11.6 Å². The van der Waals surface area contributed by atoms with Crippen molar-refractivity contribution in [3.05, 3.63) is 24.0 Å². The molecule has 1 aromatic rings. The monoisotopic (exact) mass is 240 g/mol. The summed E-state index contributed by atoms with van der Waals surface area (Å²) in [5.41, 5.74) is 6.02. The molecule has 0 aromatic heterocycles. The Morgan fingerprint density at radius 3 is 2.82 bits per heavy atom. The molecule has 3 N–H and O–H groups in total. The summed E-state index contributed by atoms with van der Waals surface area (Å²) in [6.07, 6.45) is 0.940. The van der Waals surface area contributed by atoms with Crippen LogP contribution in [0.2, 0.25) is 0 Å². The first-order chi connectivity index (χ1) is 8.05. The lowest BCUT2D eigenvalue weighted by Crippen LogP contribution is -2.26. The first-order valence-electron chi connectivity index (χ1n) is 5.45. The number of nitrogens with two attached hydrogens (primary N) is 1. The van der Waals surface area contributed by atoms with Crippen LogP contribution in [0.25, 0.3) is 0 Å². The highest BCUT2D eigenvalue weighted by Gasteiger charge is 2.09. The number of nitrogens with one attached hydrogen (secondary N) is 1. The second-order valence-electron chi connectivity index (χ2n) is 3.80. The average molecular weight is 240 g/mol. The van der Waals surface area contributed by atoms with Crippen molar-refractivity contribution in [2.75, 3.05) is 12.4 Å². The van der Waals surface area contributed by atoms with Crippen LogP contribution in [0.5, 0.6) is 5.75 Å². The van der Waals surface area contributed by atoms with E-state index in [9.17, 15) is 9.18 Å². The predicted octanol–water partition coefficient (Wildman–Crippen LogP) is 1.90. The number of rotatable bonds is 5. The van der Waals surface area contributed by atoms with Crippen LogP contribution < -0.4 is 15.8 Å². The minimum atomic E-state index is -0.459. The van der Waals surface area contributed by atoms with Crippen molar-refractivity contribution < 1.29 is 13.9 Å². The largest absolute Gasteiger partial charge is 0.497 e. The number of carbonyl (C=O) groups is 1. The van der Waals surface area contributed by atoms with Crippen LogP contribution in [-0.2, 0) is 4.79 Å². The van der Waals surface area contributed by atoms with Crippen molar-refractivity contribution in [2.45, 2.75) is 25.8 Å². The van der Waals surface area contributed by atoms with E-state index in [-0.39, 0.29) is 18.4 Å². The van der Waals surface area contributed by atoms with Gasteiger partial charge < -0.3 is 15.8 Å². The van der Waals surface area contributed by atoms with Crippen molar-refractivity contribution in [2.24, 2.45) is 5.73 Å². The third kappa shape index (κ3) is 4.40. The van der Waals surface area contributed by atoms with Crippen molar-refractivity contribution in [3.8, 4) is 5.75 Å². The van der Waals surface area contributed by atoms with E-state index < -0.39 is 5.82 Å². The molecule has 1 aromatic carbocycles. The quantitative estimate of drug-likeness (QED) is 0.826. The number of ether oxygens (including phenoxy) is 1. The van der Waals surface area contributed by atoms with Gasteiger partial charge in [-0.15, -0.1) is 0 Å². The third-order valence-corrected chi connectivity index (χ3v) is 2.36. The van der Waals surface area contributed by atoms with E-state index >= 15 is 0 Å². The van der Waals surface area contributed by atoms with Crippen LogP contribution in [0.1, 0.15) is 19.8 Å². The molecule has 94 valence electrons. The Hall–Kier alpha value is -1.62. The lowest BCUT2D eigenvalue weighted by Gasteiger charge is -2.10. The van der Waals surface area contributed by atoms with Gasteiger partial charge in [0.05, 0.1) is 7.11 Å². The van der Waals surface area contributed by atoms with E-state index in [4.69, 9.17) is 10.5 Å². The van der Waals surface area contributed by atoms with Crippen LogP contribution in [0, 0.1) is 5.82 Å². The van der Waals surface area contributed by atoms with Gasteiger partial charge in [-0.3, -0.25) is 4.79 Å². The Bertz CT molecular complexity index is 396. The zero-order valence-electron chi connectivity index (χ0n) is 10.00. The Balaban J connectivity index is 2.67. The molecule has 0 aliphatic heterocycles. The Morgan fingerprint density at radius 1 is 1.53 bits per heavy atom. The first-order valence-corrected chi connectivity index (χ1v) is 5.45. The number of carbonyl (C=O) groups excluding carboxylic acids is 1. The van der Waals surface area contributed by atoms with Crippen LogP contribution in [-0.4, -0.2) is 19.1 Å². The topological polar surface area (TPSA) is 64.4 Å². The molecular weight excluding hydrogens is 223 g/mol. The Labute approximate surface area is 100.0 Å². The zero-order chi connectivity index (χ0) is 12.8. The summed E-state index contributed by atoms with van der Waals surface area (Å²) in [5.74, 6) is -0.327. The molecule has 4 nitrogen and oxygen atoms in total. The molecule has 0 aliphatic rings. The highest BCUT2D eigenvalue weighted by atomic mass is 19.1. The molecule has 5 heteroatoms. The molecular formula is C12H17FN2O2. The van der Waals surface area contributed by atoms with Gasteiger partial charge in [-0.2, -0.15) is 0 Å². The molecule has 0 radical (unpaired) electrons. The van der Waals surface area contributed by atoms with Crippen LogP contribution in [0.3, 0.4) is 0 Å². The fourth-order valence-electron chi connectivity index (χ4n) is 1.35. The molecule has 1 rings (SSSR count). The van der Waals surface area contributed by atoms with Gasteiger partial charge in [0.15, 0.2) is 0 Å². The zero-order valence-corrected chi connectivity index (χ0v) is 10.00. The smallest absolute Gasteiger partial charge is 0.225 e. The SMILES string of the molecule is CCC(N)CC(=O)Nc1cc(F)cc(OC)c1. The standard InChI is InChI=1S/C12H17FN2O2/c1-3-9(14)6-12(16)15-10-4-8(13)5-11(7-10)17-2/h4-5,7,9H,3,6,14H2,1-2H3,(H,15,16). The number of amides is 1. The van der Waals surface area contributed by atoms with E-state index in [1.54, 1.807) is 6.07 Å². The number of hydrogen-bond donors (Lipinski definition) is 2. The van der Waals surface area contributed by atoms with Gasteiger partial charge in [0, 0.05) is 30.3 Å². The van der Waals surface area contributed by atoms with Crippen molar-refractivity contribution >= 4 is 11.6 Å². The van der Waals surface area contributed by atoms with E-state index in [0.717, 1.165) is 6.42 Å². The maximum Gasteiger partial charge on any atom is 0.225 e. The fourth-order valence-corrected chi connectivity index (χ4v) is 1.35. The highest BCUT2D eigenvalue weighted by molar-refractivity contribution is 5.91. The first kappa shape index (κ1) is 13.4. The summed E-state index contributed by atoms with van der Waals surface area (Å²) < 4.78 is 18.0. The molecule has 0 saturated heterocycles. The van der Waals surface area contributed by atoms with E-state index in [2.05, 4.69) is 5.32 Å². The minimum Gasteiger partial charge on any atom is -0.497 e. The molecule has 0 saturated carbocycles. The number of halogens is 1. The lowest BCUT2D eigenvalue weighted by atomic mass is 10.1. The minimum absolute atomic E-state index is 0.176. The van der Waals surface area contributed by atoms with Gasteiger partial charge in [-0.1, -0.05) is 6.92 Å². The van der Waals surface area contributed by atoms with Gasteiger partial charge in [-0.25, -0.2) is 4.39 Å². The Kier molecular flexibility index (Phi) is 4.90. The molecule has 1 amide bonds. The molecule has 17 heavy (non-hydrogen) atoms. The molecule has 0 spiro atoms. The van der Waals surface area contributed by atoms with Crippen molar-refractivity contribution in [1.82, 2.24) is 0 Å². The second-order valence-corrected chi connectivity index (χ2v) is 3.80. The number of hydrogen-bond acceptors (Lipinski definition) is 3. The number of benzene rings is 1. The predicted molar refractivity (Wildman–Crippen MR) is 64.5 cm³/mol. The summed E-state index contributed by atoms with van der Waals surface area (Å²) in [6.45, 7) is 1.91. The number of methoxy groups -OCH3 is 1. The summed E-state index contributed by atoms with van der Waals surface area (Å²) in [4.78, 5) is 11.5. The molecule has 0 aliphatic carbocycles. The van der Waals surface area contributed by atoms with E-state index in [0.29, 0.717) is 11.4 Å². The third-order valence-electron chi connectivity index (χ3n) is 2.36. The molecule has 1 atom stereocenters. The molecule has 1 unspecified atom stereocenters. The van der Waals surface area contributed by atoms with Gasteiger partial charge in [-0.05, 0) is 12.5 Å². The fraction of sp³-hybridized carbons (Fsp3) is 0.417. The van der Waals surface area contributed by atoms with E-state index in [1.807, 2.05) is 6.92 Å². The Morgan fingerprint density at radius 2 is 2.24 bits per heavy atom. The van der Waals surface area contributed by atoms with Gasteiger partial charge in [0.25, 0.3) is 0 Å². The summed E-state index contributed by atoms with van der Waals surface area (Å²) in [5, 5.41) is 2.58. The highest BCUT2D eigenvalue weighted by Crippen LogP contribution is 2.19. The maximum atomic E-state index is 13.1. The second kappa shape index (κ2) is 6.20. The molecule has 0 fully saturated rings. The maximum absolute atomic E-state index is 13.1. The summed E-state index contributed by atoms with van der Waals surface area (Å²) >= 11 is 0. The van der Waals surface area contributed by atoms with Crippen molar-refractivity contribution in [1.29, 1.82) is 0 Å². The van der Waals surface area contributed by atoms with Crippen molar-refractivity contribution in [3.63, 3.8) is 0 Å². The van der Waals surface area contributed by atoms with Gasteiger partial charge >= 0.3 is 0 Å². The average Bonchev–Trinajstić information content (AvgIpc) is 2.27.